The Morgan fingerprint density at radius 3 is 1.43 bits per heavy atom. The average molecular weight is 529 g/mol. The molecule has 5 aromatic carbocycles. The lowest BCUT2D eigenvalue weighted by atomic mass is 10.1. The van der Waals surface area contributed by atoms with Crippen LogP contribution >= 0.6 is 0 Å². The quantitative estimate of drug-likeness (QED) is 0.152. The van der Waals surface area contributed by atoms with E-state index in [2.05, 4.69) is 24.3 Å². The summed E-state index contributed by atoms with van der Waals surface area (Å²) < 4.78 is 23.9. The third-order valence-electron chi connectivity index (χ3n) is 6.29. The van der Waals surface area contributed by atoms with Crippen LogP contribution in [0, 0.1) is 0 Å². The summed E-state index contributed by atoms with van der Waals surface area (Å²) in [4.78, 5) is 0. The summed E-state index contributed by atoms with van der Waals surface area (Å²) in [7, 11) is 1.65. The van der Waals surface area contributed by atoms with Crippen LogP contribution in [0.5, 0.6) is 23.0 Å². The molecular formula is C36H32O4. The number of ether oxygens (including phenoxy) is 4. The summed E-state index contributed by atoms with van der Waals surface area (Å²) in [5, 5.41) is 0. The molecule has 0 N–H and O–H groups in total. The Labute approximate surface area is 236 Å². The van der Waals surface area contributed by atoms with Crippen LogP contribution in [0.25, 0.3) is 12.2 Å². The topological polar surface area (TPSA) is 36.9 Å². The van der Waals surface area contributed by atoms with Gasteiger partial charge in [0.25, 0.3) is 0 Å². The molecule has 0 aromatic heterocycles. The summed E-state index contributed by atoms with van der Waals surface area (Å²) in [5.41, 5.74) is 5.27. The highest BCUT2D eigenvalue weighted by molar-refractivity contribution is 5.72. The molecule has 5 rings (SSSR count). The van der Waals surface area contributed by atoms with E-state index in [4.69, 9.17) is 18.9 Å². The second-order valence-electron chi connectivity index (χ2n) is 9.30. The molecule has 0 aliphatic carbocycles. The molecule has 5 aromatic rings. The molecule has 0 atom stereocenters. The molecule has 200 valence electrons. The summed E-state index contributed by atoms with van der Waals surface area (Å²) in [5.74, 6) is 2.88. The van der Waals surface area contributed by atoms with Crippen molar-refractivity contribution in [1.29, 1.82) is 0 Å². The van der Waals surface area contributed by atoms with E-state index in [0.717, 1.165) is 39.3 Å². The van der Waals surface area contributed by atoms with Gasteiger partial charge in [-0.2, -0.15) is 0 Å². The first-order valence-corrected chi connectivity index (χ1v) is 13.3. The van der Waals surface area contributed by atoms with Gasteiger partial charge in [0.2, 0.25) is 0 Å². The van der Waals surface area contributed by atoms with Crippen molar-refractivity contribution in [3.8, 4) is 23.0 Å². The van der Waals surface area contributed by atoms with Crippen molar-refractivity contribution in [2.24, 2.45) is 0 Å². The Hall–Kier alpha value is -4.96. The molecule has 4 nitrogen and oxygen atoms in total. The van der Waals surface area contributed by atoms with Crippen molar-refractivity contribution in [3.05, 3.63) is 155 Å². The van der Waals surface area contributed by atoms with Crippen molar-refractivity contribution in [2.75, 3.05) is 7.11 Å². The molecule has 0 heterocycles. The van der Waals surface area contributed by atoms with Crippen LogP contribution in [-0.2, 0) is 19.8 Å². The predicted octanol–water partition coefficient (Wildman–Crippen LogP) is 8.60. The number of hydrogen-bond donors (Lipinski definition) is 0. The Bertz CT molecular complexity index is 1450. The standard InChI is InChI=1S/C36H32O4/c1-37-35-20-19-28(23-36(35)40-27-31-15-9-4-10-16-31)17-18-32-21-33(38-25-29-11-5-2-6-12-29)24-34(22-32)39-26-30-13-7-3-8-14-30/h2-24H,25-27H2,1H3/b18-17-. The van der Waals surface area contributed by atoms with E-state index in [1.54, 1.807) is 7.11 Å². The molecule has 0 unspecified atom stereocenters. The smallest absolute Gasteiger partial charge is 0.162 e. The minimum absolute atomic E-state index is 0.466. The molecule has 0 radical (unpaired) electrons. The van der Waals surface area contributed by atoms with E-state index in [9.17, 15) is 0 Å². The Morgan fingerprint density at radius 1 is 0.450 bits per heavy atom. The SMILES string of the molecule is COc1ccc(/C=C\c2cc(OCc3ccccc3)cc(OCc3ccccc3)c2)cc1OCc1ccccc1. The van der Waals surface area contributed by atoms with Gasteiger partial charge in [0.1, 0.15) is 31.3 Å². The zero-order valence-electron chi connectivity index (χ0n) is 22.5. The van der Waals surface area contributed by atoms with E-state index in [1.165, 1.54) is 0 Å². The summed E-state index contributed by atoms with van der Waals surface area (Å²) in [6.45, 7) is 1.42. The van der Waals surface area contributed by atoms with Crippen LogP contribution in [-0.4, -0.2) is 7.11 Å². The van der Waals surface area contributed by atoms with Crippen molar-refractivity contribution in [1.82, 2.24) is 0 Å². The van der Waals surface area contributed by atoms with Crippen molar-refractivity contribution in [3.63, 3.8) is 0 Å². The number of rotatable bonds is 12. The molecule has 0 spiro atoms. The third-order valence-corrected chi connectivity index (χ3v) is 6.29. The predicted molar refractivity (Wildman–Crippen MR) is 161 cm³/mol. The summed E-state index contributed by atoms with van der Waals surface area (Å²) in [6, 6.07) is 42.2. The fourth-order valence-corrected chi connectivity index (χ4v) is 4.18. The highest BCUT2D eigenvalue weighted by atomic mass is 16.5. The van der Waals surface area contributed by atoms with Gasteiger partial charge in [0.15, 0.2) is 11.5 Å². The van der Waals surface area contributed by atoms with Gasteiger partial charge >= 0.3 is 0 Å². The first-order chi connectivity index (χ1) is 19.7. The molecule has 40 heavy (non-hydrogen) atoms. The van der Waals surface area contributed by atoms with Gasteiger partial charge < -0.3 is 18.9 Å². The zero-order valence-corrected chi connectivity index (χ0v) is 22.5. The van der Waals surface area contributed by atoms with Crippen LogP contribution in [0.1, 0.15) is 27.8 Å². The van der Waals surface area contributed by atoms with Crippen LogP contribution in [0.4, 0.5) is 0 Å². The largest absolute Gasteiger partial charge is 0.493 e. The first kappa shape index (κ1) is 26.6. The van der Waals surface area contributed by atoms with Crippen LogP contribution in [0.3, 0.4) is 0 Å². The van der Waals surface area contributed by atoms with Gasteiger partial charge in [-0.25, -0.2) is 0 Å². The number of hydrogen-bond acceptors (Lipinski definition) is 4. The summed E-state index contributed by atoms with van der Waals surface area (Å²) in [6.07, 6.45) is 4.10. The normalized spacial score (nSPS) is 10.8. The molecule has 0 fully saturated rings. The minimum atomic E-state index is 0.466. The second-order valence-corrected chi connectivity index (χ2v) is 9.30. The van der Waals surface area contributed by atoms with Crippen molar-refractivity contribution in [2.45, 2.75) is 19.8 Å². The maximum Gasteiger partial charge on any atom is 0.162 e. The molecule has 0 bridgehead atoms. The fourth-order valence-electron chi connectivity index (χ4n) is 4.18. The summed E-state index contributed by atoms with van der Waals surface area (Å²) >= 11 is 0. The van der Waals surface area contributed by atoms with E-state index in [0.29, 0.717) is 31.3 Å². The van der Waals surface area contributed by atoms with Crippen LogP contribution < -0.4 is 18.9 Å². The molecule has 0 aliphatic heterocycles. The molecule has 0 saturated heterocycles. The Morgan fingerprint density at radius 2 is 0.925 bits per heavy atom. The highest BCUT2D eigenvalue weighted by Gasteiger charge is 2.07. The van der Waals surface area contributed by atoms with Crippen LogP contribution in [0.15, 0.2) is 127 Å². The second kappa shape index (κ2) is 13.7. The van der Waals surface area contributed by atoms with Crippen molar-refractivity contribution >= 4 is 12.2 Å². The average Bonchev–Trinajstić information content (AvgIpc) is 3.02. The van der Waals surface area contributed by atoms with E-state index >= 15 is 0 Å². The van der Waals surface area contributed by atoms with Gasteiger partial charge in [0, 0.05) is 6.07 Å². The maximum absolute atomic E-state index is 6.15. The zero-order chi connectivity index (χ0) is 27.4. The van der Waals surface area contributed by atoms with E-state index < -0.39 is 0 Å². The molecule has 4 heteroatoms. The maximum atomic E-state index is 6.15. The first-order valence-electron chi connectivity index (χ1n) is 13.3. The van der Waals surface area contributed by atoms with Gasteiger partial charge in [-0.3, -0.25) is 0 Å². The molecular weight excluding hydrogens is 496 g/mol. The van der Waals surface area contributed by atoms with Crippen LogP contribution in [0.2, 0.25) is 0 Å². The fraction of sp³-hybridized carbons (Fsp3) is 0.111. The lowest BCUT2D eigenvalue weighted by Crippen LogP contribution is -1.98. The molecule has 0 aliphatic rings. The Balaban J connectivity index is 1.34. The lowest BCUT2D eigenvalue weighted by Gasteiger charge is -2.12. The lowest BCUT2D eigenvalue weighted by molar-refractivity contribution is 0.284. The van der Waals surface area contributed by atoms with Gasteiger partial charge in [0.05, 0.1) is 7.11 Å². The van der Waals surface area contributed by atoms with Crippen molar-refractivity contribution < 1.29 is 18.9 Å². The van der Waals surface area contributed by atoms with E-state index in [-0.39, 0.29) is 0 Å². The third kappa shape index (κ3) is 7.78. The highest BCUT2D eigenvalue weighted by Crippen LogP contribution is 2.31. The van der Waals surface area contributed by atoms with Gasteiger partial charge in [-0.15, -0.1) is 0 Å². The monoisotopic (exact) mass is 528 g/mol. The molecule has 0 amide bonds. The minimum Gasteiger partial charge on any atom is -0.493 e. The van der Waals surface area contributed by atoms with Gasteiger partial charge in [-0.05, 0) is 52.1 Å². The number of methoxy groups -OCH3 is 1. The van der Waals surface area contributed by atoms with E-state index in [1.807, 2.05) is 115 Å². The van der Waals surface area contributed by atoms with Gasteiger partial charge in [-0.1, -0.05) is 109 Å². The number of benzene rings is 5. The Kier molecular flexibility index (Phi) is 9.14. The molecule has 0 saturated carbocycles.